The van der Waals surface area contributed by atoms with Crippen molar-refractivity contribution in [2.75, 3.05) is 0 Å². The number of rotatable bonds is 7. The minimum atomic E-state index is -1.39. The van der Waals surface area contributed by atoms with Crippen LogP contribution in [0, 0.1) is 23.7 Å². The first kappa shape index (κ1) is 31.1. The Morgan fingerprint density at radius 2 is 1.63 bits per heavy atom. The number of likely N-dealkylation sites (tertiary alicyclic amines) is 1. The van der Waals surface area contributed by atoms with Crippen LogP contribution in [-0.2, 0) is 37.6 Å². The number of Topliss-reactive ketones (excluding diaryl/α,β-unsaturated/α-hetero) is 1. The maximum atomic E-state index is 15.2. The van der Waals surface area contributed by atoms with Gasteiger partial charge >= 0.3 is 0 Å². The molecule has 49 heavy (non-hydrogen) atoms. The fourth-order valence-corrected chi connectivity index (χ4v) is 9.86. The van der Waals surface area contributed by atoms with Crippen molar-refractivity contribution in [3.63, 3.8) is 0 Å². The zero-order valence-electron chi connectivity index (χ0n) is 26.8. The average molecular weight is 666 g/mol. The van der Waals surface area contributed by atoms with E-state index in [0.29, 0.717) is 40.7 Å². The molecule has 4 aliphatic rings. The molecule has 7 heteroatoms. The lowest BCUT2D eigenvalue weighted by Gasteiger charge is -2.55. The van der Waals surface area contributed by atoms with Gasteiger partial charge in [0.2, 0.25) is 11.8 Å². The fourth-order valence-electron chi connectivity index (χ4n) is 9.16. The molecular formula is C42H35NO5S. The lowest BCUT2D eigenvalue weighted by Crippen LogP contribution is -2.58. The van der Waals surface area contributed by atoms with E-state index in [2.05, 4.69) is 6.58 Å². The summed E-state index contributed by atoms with van der Waals surface area (Å²) in [7, 11) is 0. The molecule has 0 unspecified atom stereocenters. The van der Waals surface area contributed by atoms with Gasteiger partial charge in [0.05, 0.1) is 23.8 Å². The van der Waals surface area contributed by atoms with Crippen molar-refractivity contribution in [3.05, 3.63) is 154 Å². The van der Waals surface area contributed by atoms with Gasteiger partial charge in [0.15, 0.2) is 11.6 Å². The second-order valence-electron chi connectivity index (χ2n) is 13.5. The van der Waals surface area contributed by atoms with Gasteiger partial charge in [-0.1, -0.05) is 103 Å². The maximum absolute atomic E-state index is 15.2. The monoisotopic (exact) mass is 665 g/mol. The Labute approximate surface area is 289 Å². The van der Waals surface area contributed by atoms with Gasteiger partial charge in [-0.15, -0.1) is 17.9 Å². The van der Waals surface area contributed by atoms with Crippen molar-refractivity contribution in [2.24, 2.45) is 23.7 Å². The molecule has 4 aromatic rings. The molecule has 8 rings (SSSR count). The Morgan fingerprint density at radius 3 is 2.35 bits per heavy atom. The van der Waals surface area contributed by atoms with E-state index in [9.17, 15) is 14.7 Å². The quantitative estimate of drug-likeness (QED) is 0.167. The van der Waals surface area contributed by atoms with Crippen LogP contribution in [0.3, 0.4) is 0 Å². The molecule has 1 saturated heterocycles. The van der Waals surface area contributed by atoms with Gasteiger partial charge in [0, 0.05) is 27.8 Å². The van der Waals surface area contributed by atoms with Gasteiger partial charge in [-0.05, 0) is 59.4 Å². The highest BCUT2D eigenvalue weighted by Gasteiger charge is 2.66. The average Bonchev–Trinajstić information content (AvgIpc) is 3.73. The second-order valence-corrected chi connectivity index (χ2v) is 14.5. The number of phenolic OH excluding ortho intramolecular Hbond substituents is 1. The maximum Gasteiger partial charge on any atom is 0.234 e. The Kier molecular flexibility index (Phi) is 7.68. The lowest BCUT2D eigenvalue weighted by atomic mass is 9.44. The van der Waals surface area contributed by atoms with Crippen LogP contribution in [0.5, 0.6) is 5.75 Å². The summed E-state index contributed by atoms with van der Waals surface area (Å²) in [4.78, 5) is 60.8. The summed E-state index contributed by atoms with van der Waals surface area (Å²) < 4.78 is 0. The van der Waals surface area contributed by atoms with Crippen LogP contribution in [-0.4, -0.2) is 33.4 Å². The zero-order valence-corrected chi connectivity index (χ0v) is 27.6. The van der Waals surface area contributed by atoms with Crippen LogP contribution < -0.4 is 0 Å². The van der Waals surface area contributed by atoms with Crippen LogP contribution in [0.2, 0.25) is 0 Å². The van der Waals surface area contributed by atoms with Crippen molar-refractivity contribution >= 4 is 40.3 Å². The Hall–Kier alpha value is -5.14. The van der Waals surface area contributed by atoms with Gasteiger partial charge in [0.25, 0.3) is 0 Å². The van der Waals surface area contributed by atoms with E-state index in [4.69, 9.17) is 0 Å². The summed E-state index contributed by atoms with van der Waals surface area (Å²) >= 11 is 1.50. The molecule has 1 saturated carbocycles. The SMILES string of the molecule is C=CCc1cccc([C@H]2C3=CC[C@@H]4C(=O)N(Cc5cccs5)C(=O)[C@@H]4[C@@H]3C[C@H]3C(=O)C(c4ccccc4)=CC(=O)[C@@]23c2ccccc2)c1O. The Balaban J connectivity index is 1.36. The largest absolute Gasteiger partial charge is 0.507 e. The number of hydrogen-bond acceptors (Lipinski definition) is 6. The molecule has 1 aliphatic heterocycles. The predicted molar refractivity (Wildman–Crippen MR) is 188 cm³/mol. The highest BCUT2D eigenvalue weighted by molar-refractivity contribution is 7.09. The topological polar surface area (TPSA) is 91.8 Å². The molecule has 2 heterocycles. The summed E-state index contributed by atoms with van der Waals surface area (Å²) in [6.07, 6.45) is 6.23. The van der Waals surface area contributed by atoms with Crippen molar-refractivity contribution < 1.29 is 24.3 Å². The number of thiophene rings is 1. The van der Waals surface area contributed by atoms with Crippen molar-refractivity contribution in [1.82, 2.24) is 4.90 Å². The number of nitrogens with zero attached hydrogens (tertiary/aromatic N) is 1. The van der Waals surface area contributed by atoms with Crippen LogP contribution in [0.15, 0.2) is 127 Å². The number of ketones is 2. The van der Waals surface area contributed by atoms with E-state index >= 15 is 9.59 Å². The minimum Gasteiger partial charge on any atom is -0.507 e. The van der Waals surface area contributed by atoms with Gasteiger partial charge < -0.3 is 5.11 Å². The van der Waals surface area contributed by atoms with Crippen molar-refractivity contribution in [3.8, 4) is 5.75 Å². The summed E-state index contributed by atoms with van der Waals surface area (Å²) in [6.45, 7) is 4.09. The van der Waals surface area contributed by atoms with E-state index in [1.54, 1.807) is 6.08 Å². The van der Waals surface area contributed by atoms with Crippen LogP contribution >= 0.6 is 11.3 Å². The lowest BCUT2D eigenvalue weighted by molar-refractivity contribution is -0.141. The number of hydrogen-bond donors (Lipinski definition) is 1. The van der Waals surface area contributed by atoms with Crippen molar-refractivity contribution in [1.29, 1.82) is 0 Å². The number of benzene rings is 3. The molecule has 1 aromatic heterocycles. The Bertz CT molecular complexity index is 2060. The third kappa shape index (κ3) is 4.66. The van der Waals surface area contributed by atoms with Gasteiger partial charge in [-0.3, -0.25) is 24.1 Å². The third-order valence-corrected chi connectivity index (χ3v) is 12.0. The molecule has 0 radical (unpaired) electrons. The Morgan fingerprint density at radius 1 is 0.878 bits per heavy atom. The summed E-state index contributed by atoms with van der Waals surface area (Å²) in [5, 5.41) is 13.9. The molecule has 3 aromatic carbocycles. The second kappa shape index (κ2) is 12.1. The first-order valence-corrected chi connectivity index (χ1v) is 17.6. The fraction of sp³-hybridized carbons (Fsp3) is 0.238. The number of imide groups is 1. The predicted octanol–water partition coefficient (Wildman–Crippen LogP) is 7.21. The van der Waals surface area contributed by atoms with Crippen LogP contribution in [0.1, 0.15) is 45.9 Å². The molecular weight excluding hydrogens is 631 g/mol. The van der Waals surface area contributed by atoms with E-state index in [1.807, 2.05) is 102 Å². The van der Waals surface area contributed by atoms with E-state index in [1.165, 1.54) is 22.3 Å². The zero-order chi connectivity index (χ0) is 33.9. The normalized spacial score (nSPS) is 27.6. The number of carbonyl (C=O) groups excluding carboxylic acids is 4. The molecule has 244 valence electrons. The van der Waals surface area contributed by atoms with Crippen molar-refractivity contribution in [2.45, 2.75) is 37.1 Å². The molecule has 6 nitrogen and oxygen atoms in total. The molecule has 6 atom stereocenters. The molecule has 1 N–H and O–H groups in total. The number of allylic oxidation sites excluding steroid dienone is 5. The highest BCUT2D eigenvalue weighted by atomic mass is 32.1. The van der Waals surface area contributed by atoms with E-state index < -0.39 is 35.0 Å². The number of fused-ring (bicyclic) bond motifs is 4. The third-order valence-electron chi connectivity index (χ3n) is 11.2. The van der Waals surface area contributed by atoms with E-state index in [-0.39, 0.29) is 42.1 Å². The molecule has 2 amide bonds. The smallest absolute Gasteiger partial charge is 0.234 e. The number of para-hydroxylation sites is 1. The molecule has 0 spiro atoms. The van der Waals surface area contributed by atoms with Gasteiger partial charge in [0.1, 0.15) is 5.75 Å². The van der Waals surface area contributed by atoms with Crippen LogP contribution in [0.25, 0.3) is 5.57 Å². The van der Waals surface area contributed by atoms with Gasteiger partial charge in [-0.2, -0.15) is 0 Å². The highest BCUT2D eigenvalue weighted by Crippen LogP contribution is 2.64. The summed E-state index contributed by atoms with van der Waals surface area (Å²) in [5.74, 6) is -4.08. The number of carbonyl (C=O) groups is 4. The van der Waals surface area contributed by atoms with E-state index in [0.717, 1.165) is 10.5 Å². The van der Waals surface area contributed by atoms with Crippen LogP contribution in [0.4, 0.5) is 0 Å². The number of aromatic hydroxyl groups is 1. The number of phenols is 1. The summed E-state index contributed by atoms with van der Waals surface area (Å²) in [5.41, 5.74) is 2.34. The first-order valence-electron chi connectivity index (χ1n) is 16.8. The molecule has 2 fully saturated rings. The minimum absolute atomic E-state index is 0.0522. The molecule has 0 bridgehead atoms. The molecule has 3 aliphatic carbocycles. The standard InChI is InChI=1S/C42H35NO5S/c1-2-11-26-14-9-18-31(38(26)45)37-29-19-20-30-36(41(48)43(40(30)47)24-28-17-10-21-49-28)33(29)22-34-39(46)32(25-12-5-3-6-13-25)23-35(44)42(34,37)27-15-7-4-8-16-27/h2-10,12-19,21,23,30,33-34,36-37,45H,1,11,20,22,24H2/t30-,33+,34-,36-,37+,42-/m0/s1. The number of amides is 2. The summed E-state index contributed by atoms with van der Waals surface area (Å²) in [6, 6.07) is 28.0. The van der Waals surface area contributed by atoms with Gasteiger partial charge in [-0.25, -0.2) is 0 Å². The first-order chi connectivity index (χ1) is 23.9.